The second-order valence-corrected chi connectivity index (χ2v) is 4.79. The second kappa shape index (κ2) is 5.16. The van der Waals surface area contributed by atoms with Gasteiger partial charge in [0.2, 0.25) is 0 Å². The lowest BCUT2D eigenvalue weighted by molar-refractivity contribution is 0.103. The van der Waals surface area contributed by atoms with E-state index in [0.717, 1.165) is 6.07 Å². The van der Waals surface area contributed by atoms with Crippen LogP contribution in [0.3, 0.4) is 0 Å². The van der Waals surface area contributed by atoms with Crippen molar-refractivity contribution in [2.45, 2.75) is 0 Å². The van der Waals surface area contributed by atoms with Crippen LogP contribution in [0.25, 0.3) is 0 Å². The Morgan fingerprint density at radius 3 is 2.44 bits per heavy atom. The molecule has 92 valence electrons. The summed E-state index contributed by atoms with van der Waals surface area (Å²) in [7, 11) is 0. The van der Waals surface area contributed by atoms with E-state index < -0.39 is 23.0 Å². The molecule has 0 N–H and O–H groups in total. The molecule has 0 fully saturated rings. The van der Waals surface area contributed by atoms with E-state index in [0.29, 0.717) is 0 Å². The van der Waals surface area contributed by atoms with Crippen molar-refractivity contribution in [3.8, 4) is 0 Å². The van der Waals surface area contributed by atoms with Gasteiger partial charge in [0.1, 0.15) is 5.82 Å². The van der Waals surface area contributed by atoms with Gasteiger partial charge in [0, 0.05) is 5.56 Å². The molecule has 0 aliphatic heterocycles. The van der Waals surface area contributed by atoms with Crippen LogP contribution in [0.5, 0.6) is 0 Å². The van der Waals surface area contributed by atoms with Gasteiger partial charge in [0.25, 0.3) is 0 Å². The zero-order chi connectivity index (χ0) is 13.3. The first-order valence-electron chi connectivity index (χ1n) is 4.95. The third-order valence-electron chi connectivity index (χ3n) is 2.39. The fraction of sp³-hybridized carbons (Fsp3) is 0. The number of halogens is 4. The van der Waals surface area contributed by atoms with Gasteiger partial charge in [0.15, 0.2) is 11.6 Å². The van der Waals surface area contributed by atoms with Gasteiger partial charge < -0.3 is 0 Å². The van der Waals surface area contributed by atoms with E-state index in [1.54, 1.807) is 12.1 Å². The van der Waals surface area contributed by atoms with Crippen molar-refractivity contribution in [2.75, 3.05) is 0 Å². The van der Waals surface area contributed by atoms with Crippen molar-refractivity contribution >= 4 is 33.3 Å². The van der Waals surface area contributed by atoms with E-state index in [1.807, 2.05) is 0 Å². The summed E-state index contributed by atoms with van der Waals surface area (Å²) >= 11 is 8.75. The molecule has 0 unspecified atom stereocenters. The number of benzene rings is 2. The van der Waals surface area contributed by atoms with Crippen LogP contribution in [0.1, 0.15) is 15.9 Å². The van der Waals surface area contributed by atoms with Crippen LogP contribution in [0.2, 0.25) is 5.02 Å². The third kappa shape index (κ3) is 2.31. The van der Waals surface area contributed by atoms with Crippen LogP contribution in [-0.2, 0) is 0 Å². The van der Waals surface area contributed by atoms with Gasteiger partial charge in [-0.2, -0.15) is 0 Å². The highest BCUT2D eigenvalue weighted by atomic mass is 79.9. The fourth-order valence-electron chi connectivity index (χ4n) is 1.52. The number of rotatable bonds is 2. The Morgan fingerprint density at radius 2 is 1.78 bits per heavy atom. The lowest BCUT2D eigenvalue weighted by Gasteiger charge is -2.07. The predicted molar refractivity (Wildman–Crippen MR) is 68.9 cm³/mol. The fourth-order valence-corrected chi connectivity index (χ4v) is 2.07. The Morgan fingerprint density at radius 1 is 1.11 bits per heavy atom. The SMILES string of the molecule is O=C(c1ccccc1Cl)c1c(F)ccc(Br)c1F. The molecular weight excluding hydrogens is 325 g/mol. The standard InChI is InChI=1S/C13H6BrClF2O/c14-8-5-6-10(16)11(12(8)17)13(18)7-3-1-2-4-9(7)15/h1-6H. The summed E-state index contributed by atoms with van der Waals surface area (Å²) in [4.78, 5) is 12.1. The first-order chi connectivity index (χ1) is 8.52. The minimum absolute atomic E-state index is 0.0271. The van der Waals surface area contributed by atoms with Crippen molar-refractivity contribution in [1.82, 2.24) is 0 Å². The molecule has 0 radical (unpaired) electrons. The monoisotopic (exact) mass is 330 g/mol. The summed E-state index contributed by atoms with van der Waals surface area (Å²) in [5.74, 6) is -2.63. The van der Waals surface area contributed by atoms with Gasteiger partial charge in [-0.3, -0.25) is 4.79 Å². The average molecular weight is 332 g/mol. The van der Waals surface area contributed by atoms with Crippen molar-refractivity contribution < 1.29 is 13.6 Å². The zero-order valence-electron chi connectivity index (χ0n) is 8.88. The molecule has 5 heteroatoms. The molecule has 0 saturated carbocycles. The summed E-state index contributed by atoms with van der Waals surface area (Å²) in [6.07, 6.45) is 0. The van der Waals surface area contributed by atoms with Crippen molar-refractivity contribution in [1.29, 1.82) is 0 Å². The summed E-state index contributed by atoms with van der Waals surface area (Å²) < 4.78 is 27.4. The molecule has 0 aliphatic carbocycles. The molecule has 0 atom stereocenters. The van der Waals surface area contributed by atoms with Crippen LogP contribution in [0.4, 0.5) is 8.78 Å². The number of hydrogen-bond acceptors (Lipinski definition) is 1. The number of hydrogen-bond donors (Lipinski definition) is 0. The van der Waals surface area contributed by atoms with E-state index in [4.69, 9.17) is 11.6 Å². The van der Waals surface area contributed by atoms with E-state index >= 15 is 0 Å². The summed E-state index contributed by atoms with van der Waals surface area (Å²) in [6, 6.07) is 8.35. The number of carbonyl (C=O) groups is 1. The van der Waals surface area contributed by atoms with Crippen molar-refractivity contribution in [3.63, 3.8) is 0 Å². The minimum Gasteiger partial charge on any atom is -0.288 e. The Labute approximate surface area is 116 Å². The van der Waals surface area contributed by atoms with E-state index in [-0.39, 0.29) is 15.1 Å². The summed E-state index contributed by atoms with van der Waals surface area (Å²) in [5, 5.41) is 0.154. The van der Waals surface area contributed by atoms with Gasteiger partial charge in [-0.25, -0.2) is 8.78 Å². The highest BCUT2D eigenvalue weighted by molar-refractivity contribution is 9.10. The smallest absolute Gasteiger partial charge is 0.200 e. The Hall–Kier alpha value is -1.26. The van der Waals surface area contributed by atoms with Crippen molar-refractivity contribution in [3.05, 3.63) is 68.7 Å². The van der Waals surface area contributed by atoms with Crippen molar-refractivity contribution in [2.24, 2.45) is 0 Å². The molecule has 18 heavy (non-hydrogen) atoms. The normalized spacial score (nSPS) is 10.4. The van der Waals surface area contributed by atoms with Gasteiger partial charge in [-0.05, 0) is 40.2 Å². The molecule has 0 bridgehead atoms. The van der Waals surface area contributed by atoms with Gasteiger partial charge in [0.05, 0.1) is 15.1 Å². The van der Waals surface area contributed by atoms with E-state index in [2.05, 4.69) is 15.9 Å². The molecule has 2 aromatic rings. The number of ketones is 1. The lowest BCUT2D eigenvalue weighted by Crippen LogP contribution is -2.08. The van der Waals surface area contributed by atoms with Crippen LogP contribution in [0.15, 0.2) is 40.9 Å². The Bertz CT molecular complexity index is 628. The molecule has 2 aromatic carbocycles. The largest absolute Gasteiger partial charge is 0.288 e. The highest BCUT2D eigenvalue weighted by Gasteiger charge is 2.22. The molecule has 0 heterocycles. The lowest BCUT2D eigenvalue weighted by atomic mass is 10.0. The molecule has 1 nitrogen and oxygen atoms in total. The predicted octanol–water partition coefficient (Wildman–Crippen LogP) is 4.61. The molecule has 2 rings (SSSR count). The molecular formula is C13H6BrClF2O. The second-order valence-electron chi connectivity index (χ2n) is 3.53. The summed E-state index contributed by atoms with van der Waals surface area (Å²) in [6.45, 7) is 0. The number of carbonyl (C=O) groups excluding carboxylic acids is 1. The molecule has 0 aromatic heterocycles. The van der Waals surface area contributed by atoms with Crippen LogP contribution in [0, 0.1) is 11.6 Å². The highest BCUT2D eigenvalue weighted by Crippen LogP contribution is 2.26. The van der Waals surface area contributed by atoms with Crippen LogP contribution < -0.4 is 0 Å². The van der Waals surface area contributed by atoms with E-state index in [1.165, 1.54) is 18.2 Å². The quantitative estimate of drug-likeness (QED) is 0.580. The van der Waals surface area contributed by atoms with Gasteiger partial charge in [-0.15, -0.1) is 0 Å². The first-order valence-corrected chi connectivity index (χ1v) is 6.12. The average Bonchev–Trinajstić information content (AvgIpc) is 2.35. The van der Waals surface area contributed by atoms with Gasteiger partial charge >= 0.3 is 0 Å². The maximum atomic E-state index is 13.8. The summed E-state index contributed by atoms with van der Waals surface area (Å²) in [5.41, 5.74) is -0.549. The minimum atomic E-state index is -0.931. The van der Waals surface area contributed by atoms with Gasteiger partial charge in [-0.1, -0.05) is 23.7 Å². The molecule has 0 saturated heterocycles. The first kappa shape index (κ1) is 13.2. The van der Waals surface area contributed by atoms with Crippen LogP contribution in [-0.4, -0.2) is 5.78 Å². The Balaban J connectivity index is 2.61. The third-order valence-corrected chi connectivity index (χ3v) is 3.33. The molecule has 0 amide bonds. The Kier molecular flexibility index (Phi) is 3.78. The van der Waals surface area contributed by atoms with E-state index in [9.17, 15) is 13.6 Å². The maximum Gasteiger partial charge on any atom is 0.200 e. The van der Waals surface area contributed by atoms with Crippen LogP contribution >= 0.6 is 27.5 Å². The molecule has 0 spiro atoms. The molecule has 0 aliphatic rings. The maximum absolute atomic E-state index is 13.8. The zero-order valence-corrected chi connectivity index (χ0v) is 11.2. The topological polar surface area (TPSA) is 17.1 Å².